The summed E-state index contributed by atoms with van der Waals surface area (Å²) in [5.41, 5.74) is 0.684. The number of hydrogen-bond acceptors (Lipinski definition) is 5. The van der Waals surface area contributed by atoms with Crippen LogP contribution in [-0.2, 0) is 9.59 Å². The average Bonchev–Trinajstić information content (AvgIpc) is 2.90. The van der Waals surface area contributed by atoms with E-state index in [4.69, 9.17) is 0 Å². The molecule has 2 N–H and O–H groups in total. The first-order valence-electron chi connectivity index (χ1n) is 5.59. The molecule has 0 saturated carbocycles. The van der Waals surface area contributed by atoms with Crippen LogP contribution in [0.25, 0.3) is 0 Å². The molecule has 2 aromatic rings. The van der Waals surface area contributed by atoms with Crippen molar-refractivity contribution in [1.29, 1.82) is 0 Å². The molecule has 98 valence electrons. The molecule has 0 radical (unpaired) electrons. The molecule has 0 aliphatic heterocycles. The fourth-order valence-corrected chi connectivity index (χ4v) is 2.01. The molecular formula is C12H12N4O2S. The molecule has 1 aromatic heterocycles. The van der Waals surface area contributed by atoms with Gasteiger partial charge in [0.1, 0.15) is 6.33 Å². The summed E-state index contributed by atoms with van der Waals surface area (Å²) in [5.74, 6) is -0.276. The number of rotatable bonds is 6. The van der Waals surface area contributed by atoms with E-state index >= 15 is 0 Å². The molecule has 1 heterocycles. The SMILES string of the molecule is O=C(CSc1ncn[nH]1)CC(=O)Nc1ccccc1. The van der Waals surface area contributed by atoms with Gasteiger partial charge in [0.05, 0.1) is 12.2 Å². The number of nitrogens with one attached hydrogen (secondary N) is 2. The fourth-order valence-electron chi connectivity index (χ4n) is 1.37. The number of Topliss-reactive ketones (excluding diaryl/α,β-unsaturated/α-hetero) is 1. The average molecular weight is 276 g/mol. The number of aromatic nitrogens is 3. The molecule has 0 fully saturated rings. The highest BCUT2D eigenvalue weighted by molar-refractivity contribution is 7.99. The lowest BCUT2D eigenvalue weighted by molar-refractivity contribution is -0.123. The largest absolute Gasteiger partial charge is 0.326 e. The molecule has 1 aromatic carbocycles. The number of carbonyl (C=O) groups is 2. The van der Waals surface area contributed by atoms with Gasteiger partial charge in [-0.2, -0.15) is 5.10 Å². The monoisotopic (exact) mass is 276 g/mol. The third kappa shape index (κ3) is 4.55. The Labute approximate surface area is 114 Å². The van der Waals surface area contributed by atoms with E-state index in [0.717, 1.165) is 0 Å². The number of aromatic amines is 1. The number of thioether (sulfide) groups is 1. The molecule has 0 spiro atoms. The van der Waals surface area contributed by atoms with Crippen LogP contribution >= 0.6 is 11.8 Å². The van der Waals surface area contributed by atoms with Gasteiger partial charge in [0, 0.05) is 5.69 Å². The molecule has 0 unspecified atom stereocenters. The fraction of sp³-hybridized carbons (Fsp3) is 0.167. The zero-order valence-corrected chi connectivity index (χ0v) is 10.8. The van der Waals surface area contributed by atoms with Gasteiger partial charge >= 0.3 is 0 Å². The Balaban J connectivity index is 1.74. The van der Waals surface area contributed by atoms with Crippen molar-refractivity contribution in [2.75, 3.05) is 11.1 Å². The van der Waals surface area contributed by atoms with E-state index in [2.05, 4.69) is 20.5 Å². The maximum atomic E-state index is 11.6. The van der Waals surface area contributed by atoms with Crippen molar-refractivity contribution in [2.45, 2.75) is 11.6 Å². The summed E-state index contributed by atoms with van der Waals surface area (Å²) in [6, 6.07) is 9.03. The van der Waals surface area contributed by atoms with Crippen molar-refractivity contribution in [3.63, 3.8) is 0 Å². The maximum Gasteiger partial charge on any atom is 0.231 e. The molecule has 0 atom stereocenters. The lowest BCUT2D eigenvalue weighted by Gasteiger charge is -2.03. The topological polar surface area (TPSA) is 87.7 Å². The first-order valence-corrected chi connectivity index (χ1v) is 6.57. The van der Waals surface area contributed by atoms with Crippen LogP contribution < -0.4 is 5.32 Å². The summed E-state index contributed by atoms with van der Waals surface area (Å²) >= 11 is 1.22. The number of ketones is 1. The molecule has 0 bridgehead atoms. The molecule has 19 heavy (non-hydrogen) atoms. The number of benzene rings is 1. The highest BCUT2D eigenvalue weighted by Crippen LogP contribution is 2.11. The number of H-pyrrole nitrogens is 1. The second-order valence-corrected chi connectivity index (χ2v) is 4.67. The number of hydrogen-bond donors (Lipinski definition) is 2. The number of nitrogens with zero attached hydrogens (tertiary/aromatic N) is 2. The Morgan fingerprint density at radius 3 is 2.74 bits per heavy atom. The van der Waals surface area contributed by atoms with E-state index in [-0.39, 0.29) is 23.9 Å². The van der Waals surface area contributed by atoms with Gasteiger partial charge in [-0.1, -0.05) is 30.0 Å². The van der Waals surface area contributed by atoms with Crippen molar-refractivity contribution in [1.82, 2.24) is 15.2 Å². The molecule has 0 aliphatic rings. The Bertz CT molecular complexity index is 542. The zero-order valence-electron chi connectivity index (χ0n) is 10.00. The molecular weight excluding hydrogens is 264 g/mol. The molecule has 1 amide bonds. The minimum Gasteiger partial charge on any atom is -0.326 e. The lowest BCUT2D eigenvalue weighted by atomic mass is 10.2. The number of amides is 1. The van der Waals surface area contributed by atoms with Gasteiger partial charge in [0.2, 0.25) is 5.91 Å². The van der Waals surface area contributed by atoms with E-state index in [0.29, 0.717) is 10.8 Å². The smallest absolute Gasteiger partial charge is 0.231 e. The van der Waals surface area contributed by atoms with Crippen molar-refractivity contribution in [2.24, 2.45) is 0 Å². The highest BCUT2D eigenvalue weighted by atomic mass is 32.2. The molecule has 0 saturated heterocycles. The van der Waals surface area contributed by atoms with Crippen LogP contribution in [-0.4, -0.2) is 32.6 Å². The van der Waals surface area contributed by atoms with Crippen LogP contribution in [0.1, 0.15) is 6.42 Å². The normalized spacial score (nSPS) is 10.1. The molecule has 6 nitrogen and oxygen atoms in total. The Hall–Kier alpha value is -2.15. The number of carbonyl (C=O) groups excluding carboxylic acids is 2. The van der Waals surface area contributed by atoms with E-state index in [1.165, 1.54) is 18.1 Å². The molecule has 2 rings (SSSR count). The highest BCUT2D eigenvalue weighted by Gasteiger charge is 2.11. The predicted octanol–water partition coefficient (Wildman–Crippen LogP) is 1.49. The van der Waals surface area contributed by atoms with Gasteiger partial charge < -0.3 is 5.32 Å². The summed E-state index contributed by atoms with van der Waals surface area (Å²) < 4.78 is 0. The molecule has 7 heteroatoms. The second kappa shape index (κ2) is 6.69. The number of anilines is 1. The second-order valence-electron chi connectivity index (χ2n) is 3.71. The van der Waals surface area contributed by atoms with Gasteiger partial charge in [-0.15, -0.1) is 0 Å². The lowest BCUT2D eigenvalue weighted by Crippen LogP contribution is -2.17. The van der Waals surface area contributed by atoms with Crippen molar-refractivity contribution >= 4 is 29.1 Å². The van der Waals surface area contributed by atoms with Crippen LogP contribution in [0.15, 0.2) is 41.8 Å². The van der Waals surface area contributed by atoms with E-state index in [9.17, 15) is 9.59 Å². The van der Waals surface area contributed by atoms with E-state index < -0.39 is 0 Å². The minimum absolute atomic E-state index is 0.143. The third-order valence-corrected chi connectivity index (χ3v) is 3.11. The van der Waals surface area contributed by atoms with Gasteiger partial charge in [-0.05, 0) is 12.1 Å². The van der Waals surface area contributed by atoms with Gasteiger partial charge in [0.25, 0.3) is 0 Å². The Morgan fingerprint density at radius 2 is 2.05 bits per heavy atom. The number of para-hydroxylation sites is 1. The summed E-state index contributed by atoms with van der Waals surface area (Å²) in [6.45, 7) is 0. The van der Waals surface area contributed by atoms with Crippen molar-refractivity contribution in [3.8, 4) is 0 Å². The Morgan fingerprint density at radius 1 is 1.26 bits per heavy atom. The van der Waals surface area contributed by atoms with Crippen molar-refractivity contribution in [3.05, 3.63) is 36.7 Å². The first kappa shape index (κ1) is 13.3. The standard InChI is InChI=1S/C12H12N4O2S/c17-10(7-19-12-13-8-14-16-12)6-11(18)15-9-4-2-1-3-5-9/h1-5,8H,6-7H2,(H,15,18)(H,13,14,16). The quantitative estimate of drug-likeness (QED) is 0.616. The van der Waals surface area contributed by atoms with E-state index in [1.807, 2.05) is 18.2 Å². The summed E-state index contributed by atoms with van der Waals surface area (Å²) in [6.07, 6.45) is 1.23. The van der Waals surface area contributed by atoms with Crippen LogP contribution in [0.2, 0.25) is 0 Å². The zero-order chi connectivity index (χ0) is 13.5. The minimum atomic E-state index is -0.311. The predicted molar refractivity (Wildman–Crippen MR) is 71.8 cm³/mol. The maximum absolute atomic E-state index is 11.6. The Kier molecular flexibility index (Phi) is 4.68. The third-order valence-electron chi connectivity index (χ3n) is 2.18. The van der Waals surface area contributed by atoms with Gasteiger partial charge in [-0.25, -0.2) is 4.98 Å². The van der Waals surface area contributed by atoms with Crippen LogP contribution in [0.3, 0.4) is 0 Å². The van der Waals surface area contributed by atoms with Crippen LogP contribution in [0.5, 0.6) is 0 Å². The van der Waals surface area contributed by atoms with E-state index in [1.54, 1.807) is 12.1 Å². The van der Waals surface area contributed by atoms with Crippen molar-refractivity contribution < 1.29 is 9.59 Å². The van der Waals surface area contributed by atoms with Crippen LogP contribution in [0, 0.1) is 0 Å². The van der Waals surface area contributed by atoms with Gasteiger partial charge in [0.15, 0.2) is 10.9 Å². The van der Waals surface area contributed by atoms with Crippen LogP contribution in [0.4, 0.5) is 5.69 Å². The first-order chi connectivity index (χ1) is 9.24. The summed E-state index contributed by atoms with van der Waals surface area (Å²) in [4.78, 5) is 27.1. The summed E-state index contributed by atoms with van der Waals surface area (Å²) in [5, 5.41) is 9.53. The molecule has 0 aliphatic carbocycles. The van der Waals surface area contributed by atoms with Gasteiger partial charge in [-0.3, -0.25) is 14.7 Å². The summed E-state index contributed by atoms with van der Waals surface area (Å²) in [7, 11) is 0.